The van der Waals surface area contributed by atoms with Crippen molar-refractivity contribution in [2.45, 2.75) is 32.8 Å². The number of ether oxygens (including phenoxy) is 3. The van der Waals surface area contributed by atoms with Crippen LogP contribution in [0.4, 0.5) is 0 Å². The lowest BCUT2D eigenvalue weighted by atomic mass is 10.2. The second-order valence-electron chi connectivity index (χ2n) is 6.95. The number of carbonyl (C=O) groups excluding carboxylic acids is 2. The van der Waals surface area contributed by atoms with Crippen molar-refractivity contribution in [1.29, 1.82) is 0 Å². The molecule has 1 aliphatic heterocycles. The molecule has 2 aromatic rings. The van der Waals surface area contributed by atoms with Gasteiger partial charge in [0.1, 0.15) is 5.75 Å². The van der Waals surface area contributed by atoms with Crippen molar-refractivity contribution in [2.24, 2.45) is 0 Å². The Labute approximate surface area is 174 Å². The van der Waals surface area contributed by atoms with Gasteiger partial charge in [-0.1, -0.05) is 11.6 Å². The van der Waals surface area contributed by atoms with Gasteiger partial charge >= 0.3 is 5.97 Å². The summed E-state index contributed by atoms with van der Waals surface area (Å²) in [6.07, 6.45) is 1.97. The quantitative estimate of drug-likeness (QED) is 0.696. The Morgan fingerprint density at radius 3 is 2.79 bits per heavy atom. The molecule has 3 rings (SSSR count). The number of esters is 1. The molecule has 1 aromatic heterocycles. The molecular weight excluding hydrogens is 396 g/mol. The highest BCUT2D eigenvalue weighted by Crippen LogP contribution is 2.30. The lowest BCUT2D eigenvalue weighted by Crippen LogP contribution is -2.34. The molecule has 7 nitrogen and oxygen atoms in total. The van der Waals surface area contributed by atoms with Gasteiger partial charge in [-0.15, -0.1) is 0 Å². The van der Waals surface area contributed by atoms with Crippen molar-refractivity contribution in [3.05, 3.63) is 46.2 Å². The third kappa shape index (κ3) is 4.92. The van der Waals surface area contributed by atoms with Crippen molar-refractivity contribution in [3.63, 3.8) is 0 Å². The van der Waals surface area contributed by atoms with Gasteiger partial charge in [-0.25, -0.2) is 4.79 Å². The third-order valence-electron chi connectivity index (χ3n) is 4.92. The Bertz CT molecular complexity index is 903. The first-order chi connectivity index (χ1) is 13.9. The number of aryl methyl sites for hydroxylation is 1. The van der Waals surface area contributed by atoms with E-state index in [4.69, 9.17) is 25.8 Å². The molecule has 2 heterocycles. The molecule has 0 saturated carbocycles. The number of amides is 1. The van der Waals surface area contributed by atoms with Crippen LogP contribution in [-0.2, 0) is 14.3 Å². The summed E-state index contributed by atoms with van der Waals surface area (Å²) >= 11 is 6.15. The summed E-state index contributed by atoms with van der Waals surface area (Å²) in [4.78, 5) is 24.5. The van der Waals surface area contributed by atoms with Crippen LogP contribution in [0.3, 0.4) is 0 Å². The highest BCUT2D eigenvalue weighted by atomic mass is 35.5. The summed E-state index contributed by atoms with van der Waals surface area (Å²) in [5, 5.41) is 3.29. The van der Waals surface area contributed by atoms with E-state index < -0.39 is 5.97 Å². The number of halogens is 1. The van der Waals surface area contributed by atoms with E-state index in [1.54, 1.807) is 38.3 Å². The first-order valence-corrected chi connectivity index (χ1v) is 9.86. The molecule has 156 valence electrons. The lowest BCUT2D eigenvalue weighted by molar-refractivity contribution is -0.124. The fourth-order valence-electron chi connectivity index (χ4n) is 3.47. The number of benzene rings is 1. The molecule has 1 amide bonds. The zero-order valence-corrected chi connectivity index (χ0v) is 17.5. The molecular formula is C21H25ClN2O5. The van der Waals surface area contributed by atoms with Gasteiger partial charge in [0.05, 0.1) is 24.5 Å². The van der Waals surface area contributed by atoms with Crippen LogP contribution in [0, 0.1) is 13.8 Å². The first-order valence-electron chi connectivity index (χ1n) is 9.49. The van der Waals surface area contributed by atoms with Gasteiger partial charge in [-0.05, 0) is 51.0 Å². The predicted molar refractivity (Wildman–Crippen MR) is 109 cm³/mol. The standard InChI is InChI=1S/C21H25ClN2O5/c1-13-9-17(14(2)24(13)18-10-15(22)6-7-19(18)27-3)21(26)29-12-20(25)23-11-16-5-4-8-28-16/h6-7,9-10,16H,4-5,8,11-12H2,1-3H3,(H,23,25)/t16-/m0/s1. The van der Waals surface area contributed by atoms with Crippen molar-refractivity contribution >= 4 is 23.5 Å². The number of rotatable bonds is 7. The summed E-state index contributed by atoms with van der Waals surface area (Å²) in [5.74, 6) is -0.276. The Balaban J connectivity index is 1.68. The SMILES string of the molecule is COc1ccc(Cl)cc1-n1c(C)cc(C(=O)OCC(=O)NC[C@@H]2CCCO2)c1C. The third-order valence-corrected chi connectivity index (χ3v) is 5.15. The van der Waals surface area contributed by atoms with Crippen molar-refractivity contribution in [1.82, 2.24) is 9.88 Å². The van der Waals surface area contributed by atoms with Crippen LogP contribution in [0.25, 0.3) is 5.69 Å². The van der Waals surface area contributed by atoms with E-state index in [9.17, 15) is 9.59 Å². The van der Waals surface area contributed by atoms with Gasteiger partial charge in [0.15, 0.2) is 6.61 Å². The van der Waals surface area contributed by atoms with Crippen LogP contribution in [0.15, 0.2) is 24.3 Å². The van der Waals surface area contributed by atoms with E-state index in [1.807, 2.05) is 11.5 Å². The Kier molecular flexibility index (Phi) is 6.82. The van der Waals surface area contributed by atoms with E-state index in [0.29, 0.717) is 28.6 Å². The summed E-state index contributed by atoms with van der Waals surface area (Å²) in [6, 6.07) is 7.01. The normalized spacial score (nSPS) is 15.9. The van der Waals surface area contributed by atoms with Crippen molar-refractivity contribution in [3.8, 4) is 11.4 Å². The molecule has 1 atom stereocenters. The van der Waals surface area contributed by atoms with Crippen LogP contribution in [0.2, 0.25) is 5.02 Å². The minimum absolute atomic E-state index is 0.0428. The molecule has 8 heteroatoms. The molecule has 1 saturated heterocycles. The largest absolute Gasteiger partial charge is 0.495 e. The fraction of sp³-hybridized carbons (Fsp3) is 0.429. The molecule has 0 radical (unpaired) electrons. The molecule has 0 spiro atoms. The Morgan fingerprint density at radius 2 is 2.10 bits per heavy atom. The highest BCUT2D eigenvalue weighted by Gasteiger charge is 2.21. The van der Waals surface area contributed by atoms with Crippen molar-refractivity contribution in [2.75, 3.05) is 26.9 Å². The van der Waals surface area contributed by atoms with Crippen LogP contribution in [0.1, 0.15) is 34.6 Å². The predicted octanol–water partition coefficient (Wildman–Crippen LogP) is 3.21. The van der Waals surface area contributed by atoms with Gasteiger partial charge in [0.25, 0.3) is 5.91 Å². The van der Waals surface area contributed by atoms with Crippen LogP contribution in [0.5, 0.6) is 5.75 Å². The van der Waals surface area contributed by atoms with Crippen molar-refractivity contribution < 1.29 is 23.8 Å². The highest BCUT2D eigenvalue weighted by molar-refractivity contribution is 6.30. The number of hydrogen-bond acceptors (Lipinski definition) is 5. The number of nitrogens with one attached hydrogen (secondary N) is 1. The number of carbonyl (C=O) groups is 2. The number of hydrogen-bond donors (Lipinski definition) is 1. The molecule has 0 unspecified atom stereocenters. The van der Waals surface area contributed by atoms with Gasteiger partial charge in [0, 0.05) is 29.6 Å². The first kappa shape index (κ1) is 21.2. The minimum atomic E-state index is -0.558. The van der Waals surface area contributed by atoms with Gasteiger partial charge in [-0.2, -0.15) is 0 Å². The van der Waals surface area contributed by atoms with Gasteiger partial charge in [-0.3, -0.25) is 4.79 Å². The smallest absolute Gasteiger partial charge is 0.340 e. The summed E-state index contributed by atoms with van der Waals surface area (Å²) in [6.45, 7) is 4.50. The molecule has 1 fully saturated rings. The van der Waals surface area contributed by atoms with E-state index in [0.717, 1.165) is 30.8 Å². The maximum Gasteiger partial charge on any atom is 0.340 e. The van der Waals surface area contributed by atoms with E-state index in [2.05, 4.69) is 5.32 Å². The maximum absolute atomic E-state index is 12.6. The fourth-order valence-corrected chi connectivity index (χ4v) is 3.64. The van der Waals surface area contributed by atoms with Crippen LogP contribution < -0.4 is 10.1 Å². The van der Waals surface area contributed by atoms with E-state index in [1.165, 1.54) is 0 Å². The topological polar surface area (TPSA) is 78.8 Å². The number of nitrogens with zero attached hydrogens (tertiary/aromatic N) is 1. The Morgan fingerprint density at radius 1 is 1.31 bits per heavy atom. The van der Waals surface area contributed by atoms with Crippen LogP contribution in [-0.4, -0.2) is 49.4 Å². The number of methoxy groups -OCH3 is 1. The lowest BCUT2D eigenvalue weighted by Gasteiger charge is -2.14. The zero-order chi connectivity index (χ0) is 21.0. The second-order valence-corrected chi connectivity index (χ2v) is 7.39. The molecule has 0 aliphatic carbocycles. The minimum Gasteiger partial charge on any atom is -0.495 e. The summed E-state index contributed by atoms with van der Waals surface area (Å²) in [7, 11) is 1.57. The molecule has 1 N–H and O–H groups in total. The molecule has 29 heavy (non-hydrogen) atoms. The van der Waals surface area contributed by atoms with E-state index in [-0.39, 0.29) is 18.6 Å². The molecule has 1 aromatic carbocycles. The monoisotopic (exact) mass is 420 g/mol. The average molecular weight is 421 g/mol. The van der Waals surface area contributed by atoms with E-state index >= 15 is 0 Å². The average Bonchev–Trinajstić information content (AvgIpc) is 3.32. The van der Waals surface area contributed by atoms with Gasteiger partial charge in [0.2, 0.25) is 0 Å². The second kappa shape index (κ2) is 9.33. The maximum atomic E-state index is 12.6. The Hall–Kier alpha value is -2.51. The van der Waals surface area contributed by atoms with Crippen LogP contribution >= 0.6 is 11.6 Å². The van der Waals surface area contributed by atoms with Gasteiger partial charge < -0.3 is 24.1 Å². The molecule has 1 aliphatic rings. The summed E-state index contributed by atoms with van der Waals surface area (Å²) < 4.78 is 18.0. The number of aromatic nitrogens is 1. The summed E-state index contributed by atoms with van der Waals surface area (Å²) in [5.41, 5.74) is 2.60. The molecule has 0 bridgehead atoms. The zero-order valence-electron chi connectivity index (χ0n) is 16.8.